The number of nitrogens with one attached hydrogen (secondary N) is 3. The minimum atomic E-state index is -0.306. The number of rotatable bonds is 9. The summed E-state index contributed by atoms with van der Waals surface area (Å²) >= 11 is 1.92. The van der Waals surface area contributed by atoms with Crippen LogP contribution in [0.15, 0.2) is 0 Å². The van der Waals surface area contributed by atoms with E-state index in [1.54, 1.807) is 0 Å². The summed E-state index contributed by atoms with van der Waals surface area (Å²) < 4.78 is 0. The monoisotopic (exact) mass is 392 g/mol. The lowest BCUT2D eigenvalue weighted by atomic mass is 9.90. The third-order valence-corrected chi connectivity index (χ3v) is 6.34. The van der Waals surface area contributed by atoms with Crippen molar-refractivity contribution in [3.63, 3.8) is 0 Å². The Balaban J connectivity index is 0.00000312. The smallest absolute Gasteiger partial charge is 0.315 e. The summed E-state index contributed by atoms with van der Waals surface area (Å²) in [6.45, 7) is 6.77. The van der Waals surface area contributed by atoms with Crippen LogP contribution in [0, 0.1) is 5.92 Å². The molecule has 0 aromatic rings. The summed E-state index contributed by atoms with van der Waals surface area (Å²) in [6.07, 6.45) is 4.37. The number of halogens is 1. The first-order valence-electron chi connectivity index (χ1n) is 9.02. The largest absolute Gasteiger partial charge is 0.350 e. The minimum Gasteiger partial charge on any atom is -0.350 e. The molecule has 1 unspecified atom stereocenters. The van der Waals surface area contributed by atoms with Gasteiger partial charge in [-0.3, -0.25) is 4.79 Å². The quantitative estimate of drug-likeness (QED) is 0.356. The minimum absolute atomic E-state index is 0. The maximum absolute atomic E-state index is 12.2. The highest BCUT2D eigenvalue weighted by molar-refractivity contribution is 8.00. The molecule has 6 nitrogen and oxygen atoms in total. The van der Waals surface area contributed by atoms with Gasteiger partial charge in [-0.15, -0.1) is 12.4 Å². The Bertz CT molecular complexity index is 466. The number of carbonyl (C=O) groups is 2. The van der Waals surface area contributed by atoms with E-state index in [2.05, 4.69) is 29.8 Å². The second-order valence-electron chi connectivity index (χ2n) is 7.78. The molecule has 2 aliphatic rings. The molecular weight excluding hydrogens is 360 g/mol. The Labute approximate surface area is 161 Å². The lowest BCUT2D eigenvalue weighted by Gasteiger charge is -2.31. The molecule has 8 heteroatoms. The number of nitrogens with two attached hydrogens (primary N) is 1. The van der Waals surface area contributed by atoms with Crippen molar-refractivity contribution in [1.29, 1.82) is 0 Å². The average Bonchev–Trinajstić information content (AvgIpc) is 3.02. The van der Waals surface area contributed by atoms with Gasteiger partial charge in [-0.05, 0) is 32.1 Å². The van der Waals surface area contributed by atoms with Crippen LogP contribution in [0.5, 0.6) is 0 Å². The van der Waals surface area contributed by atoms with Gasteiger partial charge >= 0.3 is 6.03 Å². The standard InChI is InChI=1S/C17H32N4O2S.ClH/c1-11(2)8-17(3,10-18)21-14(22)7-5-4-6-13-15-12(9-24-13)19-16(23)20-15;/h11-13,15H,4-10,18H2,1-3H3,(H,21,22)(H2,19,20,23);1H/t12-,13-,15-,17?;/m0./s1. The number of hydrogen-bond acceptors (Lipinski definition) is 4. The van der Waals surface area contributed by atoms with Crippen molar-refractivity contribution in [1.82, 2.24) is 16.0 Å². The molecule has 2 heterocycles. The summed E-state index contributed by atoms with van der Waals surface area (Å²) in [7, 11) is 0. The lowest BCUT2D eigenvalue weighted by Crippen LogP contribution is -2.52. The van der Waals surface area contributed by atoms with Crippen LogP contribution in [-0.2, 0) is 4.79 Å². The van der Waals surface area contributed by atoms with Crippen LogP contribution in [-0.4, -0.2) is 47.1 Å². The van der Waals surface area contributed by atoms with Gasteiger partial charge in [-0.1, -0.05) is 20.3 Å². The number of unbranched alkanes of at least 4 members (excludes halogenated alkanes) is 1. The summed E-state index contributed by atoms with van der Waals surface area (Å²) in [6, 6.07) is 0.487. The van der Waals surface area contributed by atoms with Crippen LogP contribution in [0.25, 0.3) is 0 Å². The van der Waals surface area contributed by atoms with E-state index in [1.807, 2.05) is 18.7 Å². The maximum Gasteiger partial charge on any atom is 0.315 e. The van der Waals surface area contributed by atoms with Gasteiger partial charge in [0.25, 0.3) is 0 Å². The summed E-state index contributed by atoms with van der Waals surface area (Å²) in [4.78, 5) is 23.5. The number of urea groups is 1. The number of thioether (sulfide) groups is 1. The zero-order valence-corrected chi connectivity index (χ0v) is 17.1. The molecule has 0 saturated carbocycles. The van der Waals surface area contributed by atoms with E-state index in [9.17, 15) is 9.59 Å². The molecule has 0 aromatic carbocycles. The molecule has 5 N–H and O–H groups in total. The third kappa shape index (κ3) is 6.53. The van der Waals surface area contributed by atoms with Gasteiger partial charge < -0.3 is 21.7 Å². The molecule has 25 heavy (non-hydrogen) atoms. The summed E-state index contributed by atoms with van der Waals surface area (Å²) in [5.41, 5.74) is 5.54. The predicted molar refractivity (Wildman–Crippen MR) is 106 cm³/mol. The van der Waals surface area contributed by atoms with E-state index in [1.165, 1.54) is 0 Å². The fraction of sp³-hybridized carbons (Fsp3) is 0.882. The zero-order valence-electron chi connectivity index (χ0n) is 15.5. The van der Waals surface area contributed by atoms with Crippen LogP contribution in [0.3, 0.4) is 0 Å². The van der Waals surface area contributed by atoms with E-state index < -0.39 is 0 Å². The lowest BCUT2D eigenvalue weighted by molar-refractivity contribution is -0.123. The molecule has 0 spiro atoms. The van der Waals surface area contributed by atoms with Gasteiger partial charge in [-0.25, -0.2) is 4.79 Å². The molecule has 2 saturated heterocycles. The van der Waals surface area contributed by atoms with Gasteiger partial charge in [0.1, 0.15) is 0 Å². The van der Waals surface area contributed by atoms with Crippen LogP contribution in [0.4, 0.5) is 4.79 Å². The van der Waals surface area contributed by atoms with Crippen molar-refractivity contribution in [2.45, 2.75) is 75.7 Å². The van der Waals surface area contributed by atoms with Gasteiger partial charge in [-0.2, -0.15) is 11.8 Å². The highest BCUT2D eigenvalue weighted by atomic mass is 35.5. The first kappa shape index (κ1) is 22.4. The Morgan fingerprint density at radius 2 is 2.12 bits per heavy atom. The average molecular weight is 393 g/mol. The molecule has 3 amide bonds. The van der Waals surface area contributed by atoms with Crippen molar-refractivity contribution >= 4 is 36.1 Å². The van der Waals surface area contributed by atoms with Gasteiger partial charge in [0.2, 0.25) is 5.91 Å². The second-order valence-corrected chi connectivity index (χ2v) is 9.05. The van der Waals surface area contributed by atoms with Gasteiger partial charge in [0.15, 0.2) is 0 Å². The molecule has 0 bridgehead atoms. The maximum atomic E-state index is 12.2. The highest BCUT2D eigenvalue weighted by Gasteiger charge is 2.42. The van der Waals surface area contributed by atoms with E-state index in [0.717, 1.165) is 31.4 Å². The van der Waals surface area contributed by atoms with Crippen molar-refractivity contribution in [3.8, 4) is 0 Å². The van der Waals surface area contributed by atoms with Crippen molar-refractivity contribution in [2.24, 2.45) is 11.7 Å². The Morgan fingerprint density at radius 3 is 2.76 bits per heavy atom. The van der Waals surface area contributed by atoms with Crippen molar-refractivity contribution in [2.75, 3.05) is 12.3 Å². The Hall–Kier alpha value is -0.660. The van der Waals surface area contributed by atoms with E-state index in [0.29, 0.717) is 24.1 Å². The predicted octanol–water partition coefficient (Wildman–Crippen LogP) is 2.01. The van der Waals surface area contributed by atoms with E-state index in [4.69, 9.17) is 5.73 Å². The van der Waals surface area contributed by atoms with E-state index >= 15 is 0 Å². The normalized spacial score (nSPS) is 27.1. The molecule has 0 aliphatic carbocycles. The highest BCUT2D eigenvalue weighted by Crippen LogP contribution is 2.33. The molecular formula is C17H33ClN4O2S. The summed E-state index contributed by atoms with van der Waals surface area (Å²) in [5.74, 6) is 1.58. The van der Waals surface area contributed by atoms with Crippen molar-refractivity contribution < 1.29 is 9.59 Å². The first-order valence-corrected chi connectivity index (χ1v) is 10.1. The van der Waals surface area contributed by atoms with E-state index in [-0.39, 0.29) is 42.0 Å². The van der Waals surface area contributed by atoms with Gasteiger partial charge in [0.05, 0.1) is 12.1 Å². The molecule has 0 radical (unpaired) electrons. The van der Waals surface area contributed by atoms with Crippen molar-refractivity contribution in [3.05, 3.63) is 0 Å². The molecule has 0 aromatic heterocycles. The first-order chi connectivity index (χ1) is 11.3. The van der Waals surface area contributed by atoms with Crippen LogP contribution in [0.2, 0.25) is 0 Å². The van der Waals surface area contributed by atoms with Crippen LogP contribution in [0.1, 0.15) is 52.9 Å². The number of hydrogen-bond donors (Lipinski definition) is 4. The van der Waals surface area contributed by atoms with Gasteiger partial charge in [0, 0.05) is 29.5 Å². The number of amides is 3. The van der Waals surface area contributed by atoms with Crippen LogP contribution >= 0.6 is 24.2 Å². The molecule has 4 atom stereocenters. The summed E-state index contributed by atoms with van der Waals surface area (Å²) in [5, 5.41) is 9.54. The third-order valence-electron chi connectivity index (χ3n) is 4.83. The molecule has 146 valence electrons. The SMILES string of the molecule is CC(C)CC(C)(CN)NC(=O)CCCC[C@@H]1SC[C@@H]2NC(=O)N[C@@H]21.Cl. The molecule has 2 rings (SSSR count). The zero-order chi connectivity index (χ0) is 17.7. The Kier molecular flexibility index (Phi) is 8.84. The molecule has 2 fully saturated rings. The second kappa shape index (κ2) is 9.88. The molecule has 2 aliphatic heterocycles. The fourth-order valence-corrected chi connectivity index (χ4v) is 5.30. The van der Waals surface area contributed by atoms with Crippen LogP contribution < -0.4 is 21.7 Å². The fourth-order valence-electron chi connectivity index (χ4n) is 3.76. The topological polar surface area (TPSA) is 96.2 Å². The number of carbonyl (C=O) groups excluding carboxylic acids is 2. The Morgan fingerprint density at radius 1 is 1.40 bits per heavy atom. The number of fused-ring (bicyclic) bond motifs is 1.